The Morgan fingerprint density at radius 1 is 1.14 bits per heavy atom. The van der Waals surface area contributed by atoms with Crippen molar-refractivity contribution in [3.05, 3.63) is 60.4 Å². The van der Waals surface area contributed by atoms with Crippen molar-refractivity contribution in [2.45, 2.75) is 30.2 Å². The molecule has 0 saturated carbocycles. The molecule has 1 aliphatic heterocycles. The monoisotopic (exact) mass is 398 g/mol. The van der Waals surface area contributed by atoms with E-state index >= 15 is 0 Å². The third-order valence-corrected chi connectivity index (χ3v) is 6.46. The fraction of sp³-hybridized carbons (Fsp3) is 0.300. The summed E-state index contributed by atoms with van der Waals surface area (Å²) in [5.41, 5.74) is 1.83. The minimum Gasteiger partial charge on any atom is -0.340 e. The second kappa shape index (κ2) is 7.73. The van der Waals surface area contributed by atoms with E-state index in [0.717, 1.165) is 29.7 Å². The van der Waals surface area contributed by atoms with E-state index < -0.39 is 10.0 Å². The molecule has 1 aliphatic rings. The Kier molecular flexibility index (Phi) is 5.15. The number of aromatic nitrogens is 2. The Bertz CT molecular complexity index is 1050. The van der Waals surface area contributed by atoms with Crippen molar-refractivity contribution in [2.75, 3.05) is 13.1 Å². The number of carbonyl (C=O) groups excluding carboxylic acids is 1. The van der Waals surface area contributed by atoms with Gasteiger partial charge in [-0.25, -0.2) is 18.1 Å². The van der Waals surface area contributed by atoms with Gasteiger partial charge in [-0.05, 0) is 37.1 Å². The number of nitrogens with one attached hydrogen (secondary N) is 2. The molecule has 2 aromatic carbocycles. The number of hydrogen-bond acceptors (Lipinski definition) is 4. The van der Waals surface area contributed by atoms with E-state index in [1.54, 1.807) is 23.1 Å². The molecule has 2 N–H and O–H groups in total. The molecular weight excluding hydrogens is 376 g/mol. The van der Waals surface area contributed by atoms with E-state index in [1.807, 2.05) is 24.3 Å². The van der Waals surface area contributed by atoms with Crippen LogP contribution >= 0.6 is 0 Å². The second-order valence-electron chi connectivity index (χ2n) is 6.85. The van der Waals surface area contributed by atoms with Gasteiger partial charge in [-0.1, -0.05) is 30.3 Å². The Hall–Kier alpha value is -2.71. The minimum atomic E-state index is -3.60. The number of benzene rings is 2. The highest BCUT2D eigenvalue weighted by Gasteiger charge is 2.31. The number of aromatic amines is 1. The molecule has 1 amide bonds. The molecule has 4 rings (SSSR count). The van der Waals surface area contributed by atoms with Crippen molar-refractivity contribution in [1.82, 2.24) is 19.6 Å². The predicted molar refractivity (Wildman–Crippen MR) is 106 cm³/mol. The standard InChI is InChI=1S/C20H22N4O3S/c25-19(12-13-21-28(26,27)15-7-2-1-3-8-15)24-14-6-11-18(24)20-22-16-9-4-5-10-17(16)23-20/h1-5,7-10,18,21H,6,11-14H2,(H,22,23). The number of nitrogens with zero attached hydrogens (tertiary/aromatic N) is 2. The zero-order chi connectivity index (χ0) is 19.6. The summed E-state index contributed by atoms with van der Waals surface area (Å²) in [7, 11) is -3.60. The molecule has 146 valence electrons. The average molecular weight is 398 g/mol. The lowest BCUT2D eigenvalue weighted by Gasteiger charge is -2.23. The highest BCUT2D eigenvalue weighted by molar-refractivity contribution is 7.89. The van der Waals surface area contributed by atoms with E-state index in [-0.39, 0.29) is 29.8 Å². The number of H-pyrrole nitrogens is 1. The van der Waals surface area contributed by atoms with Crippen LogP contribution in [0.1, 0.15) is 31.1 Å². The fourth-order valence-electron chi connectivity index (χ4n) is 3.60. The number of para-hydroxylation sites is 2. The molecule has 7 nitrogen and oxygen atoms in total. The molecule has 0 radical (unpaired) electrons. The van der Waals surface area contributed by atoms with Crippen LogP contribution in [0.15, 0.2) is 59.5 Å². The smallest absolute Gasteiger partial charge is 0.240 e. The zero-order valence-corrected chi connectivity index (χ0v) is 16.2. The first-order chi connectivity index (χ1) is 13.5. The Labute approximate surface area is 163 Å². The number of rotatable bonds is 6. The molecule has 28 heavy (non-hydrogen) atoms. The molecule has 0 spiro atoms. The molecule has 1 saturated heterocycles. The lowest BCUT2D eigenvalue weighted by Crippen LogP contribution is -2.34. The van der Waals surface area contributed by atoms with Gasteiger partial charge >= 0.3 is 0 Å². The Morgan fingerprint density at radius 3 is 2.68 bits per heavy atom. The van der Waals surface area contributed by atoms with Crippen LogP contribution in [-0.2, 0) is 14.8 Å². The molecule has 1 aromatic heterocycles. The largest absolute Gasteiger partial charge is 0.340 e. The van der Waals surface area contributed by atoms with Crippen molar-refractivity contribution < 1.29 is 13.2 Å². The maximum atomic E-state index is 12.7. The third kappa shape index (κ3) is 3.79. The third-order valence-electron chi connectivity index (χ3n) is 4.98. The lowest BCUT2D eigenvalue weighted by molar-refractivity contribution is -0.132. The van der Waals surface area contributed by atoms with Crippen LogP contribution in [0.3, 0.4) is 0 Å². The Balaban J connectivity index is 1.40. The van der Waals surface area contributed by atoms with Crippen molar-refractivity contribution in [3.8, 4) is 0 Å². The van der Waals surface area contributed by atoms with Gasteiger partial charge in [-0.2, -0.15) is 0 Å². The predicted octanol–water partition coefficient (Wildman–Crippen LogP) is 2.59. The summed E-state index contributed by atoms with van der Waals surface area (Å²) >= 11 is 0. The first-order valence-corrected chi connectivity index (χ1v) is 10.8. The van der Waals surface area contributed by atoms with Gasteiger partial charge in [-0.15, -0.1) is 0 Å². The molecule has 2 heterocycles. The second-order valence-corrected chi connectivity index (χ2v) is 8.61. The summed E-state index contributed by atoms with van der Waals surface area (Å²) in [5, 5.41) is 0. The van der Waals surface area contributed by atoms with E-state index in [4.69, 9.17) is 0 Å². The normalized spacial score (nSPS) is 17.3. The van der Waals surface area contributed by atoms with E-state index in [9.17, 15) is 13.2 Å². The fourth-order valence-corrected chi connectivity index (χ4v) is 4.65. The van der Waals surface area contributed by atoms with E-state index in [2.05, 4.69) is 14.7 Å². The Morgan fingerprint density at radius 2 is 1.89 bits per heavy atom. The highest BCUT2D eigenvalue weighted by atomic mass is 32.2. The minimum absolute atomic E-state index is 0.0689. The molecule has 1 unspecified atom stereocenters. The van der Waals surface area contributed by atoms with Crippen LogP contribution < -0.4 is 4.72 Å². The zero-order valence-electron chi connectivity index (χ0n) is 15.3. The van der Waals surface area contributed by atoms with E-state index in [0.29, 0.717) is 6.54 Å². The molecule has 1 fully saturated rings. The maximum Gasteiger partial charge on any atom is 0.240 e. The van der Waals surface area contributed by atoms with Crippen LogP contribution in [0.2, 0.25) is 0 Å². The number of imidazole rings is 1. The quantitative estimate of drug-likeness (QED) is 0.667. The number of likely N-dealkylation sites (tertiary alicyclic amines) is 1. The summed E-state index contributed by atoms with van der Waals surface area (Å²) in [6, 6.07) is 15.8. The SMILES string of the molecule is O=C(CCNS(=O)(=O)c1ccccc1)N1CCCC1c1nc2ccccc2[nH]1. The first kappa shape index (κ1) is 18.6. The number of carbonyl (C=O) groups is 1. The van der Waals surface area contributed by atoms with Crippen molar-refractivity contribution in [1.29, 1.82) is 0 Å². The molecular formula is C20H22N4O3S. The summed E-state index contributed by atoms with van der Waals surface area (Å²) in [6.07, 6.45) is 1.87. The molecule has 0 aliphatic carbocycles. The van der Waals surface area contributed by atoms with Gasteiger partial charge in [0.2, 0.25) is 15.9 Å². The summed E-state index contributed by atoms with van der Waals surface area (Å²) < 4.78 is 27.0. The van der Waals surface area contributed by atoms with Gasteiger partial charge in [0.05, 0.1) is 22.0 Å². The first-order valence-electron chi connectivity index (χ1n) is 9.33. The number of sulfonamides is 1. The van der Waals surface area contributed by atoms with Crippen LogP contribution in [0.5, 0.6) is 0 Å². The van der Waals surface area contributed by atoms with Gasteiger partial charge in [0.15, 0.2) is 0 Å². The molecule has 0 bridgehead atoms. The van der Waals surface area contributed by atoms with Crippen molar-refractivity contribution in [2.24, 2.45) is 0 Å². The van der Waals surface area contributed by atoms with Gasteiger partial charge in [-0.3, -0.25) is 4.79 Å². The van der Waals surface area contributed by atoms with Crippen LogP contribution in [0.25, 0.3) is 11.0 Å². The highest BCUT2D eigenvalue weighted by Crippen LogP contribution is 2.31. The maximum absolute atomic E-state index is 12.7. The molecule has 3 aromatic rings. The van der Waals surface area contributed by atoms with Crippen LogP contribution in [0, 0.1) is 0 Å². The number of fused-ring (bicyclic) bond motifs is 1. The van der Waals surface area contributed by atoms with Crippen molar-refractivity contribution in [3.63, 3.8) is 0 Å². The molecule has 1 atom stereocenters. The number of amides is 1. The van der Waals surface area contributed by atoms with Crippen LogP contribution in [0.4, 0.5) is 0 Å². The van der Waals surface area contributed by atoms with Gasteiger partial charge in [0, 0.05) is 19.5 Å². The average Bonchev–Trinajstić information content (AvgIpc) is 3.35. The van der Waals surface area contributed by atoms with Crippen molar-refractivity contribution >= 4 is 27.0 Å². The van der Waals surface area contributed by atoms with E-state index in [1.165, 1.54) is 12.1 Å². The van der Waals surface area contributed by atoms with Crippen LogP contribution in [-0.4, -0.2) is 42.3 Å². The van der Waals surface area contributed by atoms with Gasteiger partial charge < -0.3 is 9.88 Å². The summed E-state index contributed by atoms with van der Waals surface area (Å²) in [4.78, 5) is 22.6. The number of hydrogen-bond donors (Lipinski definition) is 2. The van der Waals surface area contributed by atoms with Gasteiger partial charge in [0.1, 0.15) is 5.82 Å². The van der Waals surface area contributed by atoms with Gasteiger partial charge in [0.25, 0.3) is 0 Å². The lowest BCUT2D eigenvalue weighted by atomic mass is 10.2. The topological polar surface area (TPSA) is 95.2 Å². The molecule has 8 heteroatoms. The summed E-state index contributed by atoms with van der Waals surface area (Å²) in [5.74, 6) is 0.718. The summed E-state index contributed by atoms with van der Waals surface area (Å²) in [6.45, 7) is 0.728.